The smallest absolute Gasteiger partial charge is 0.258 e. The first-order chi connectivity index (χ1) is 27.4. The maximum atomic E-state index is 15.2. The zero-order valence-corrected chi connectivity index (χ0v) is 34.7. The Hall–Kier alpha value is -4.42. The summed E-state index contributed by atoms with van der Waals surface area (Å²) >= 11 is 0. The lowest BCUT2D eigenvalue weighted by atomic mass is 9.81. The number of amides is 2. The minimum absolute atomic E-state index is 0.0363. The summed E-state index contributed by atoms with van der Waals surface area (Å²) in [4.78, 5) is 30.5. The number of nitrogens with zero attached hydrogens (tertiary/aromatic N) is 4. The molecule has 0 spiro atoms. The number of methoxy groups -OCH3 is 1. The predicted molar refractivity (Wildman–Crippen MR) is 222 cm³/mol. The van der Waals surface area contributed by atoms with E-state index < -0.39 is 21.2 Å². The number of carbonyl (C=O) groups is 2. The van der Waals surface area contributed by atoms with Crippen LogP contribution < -0.4 is 9.46 Å². The summed E-state index contributed by atoms with van der Waals surface area (Å²) in [5.74, 6) is 0.660. The van der Waals surface area contributed by atoms with Crippen LogP contribution in [0.5, 0.6) is 5.75 Å². The quantitative estimate of drug-likeness (QED) is 0.173. The number of fused-ring (bicyclic) bond motifs is 7. The molecule has 57 heavy (non-hydrogen) atoms. The lowest BCUT2D eigenvalue weighted by molar-refractivity contribution is -0.118. The summed E-state index contributed by atoms with van der Waals surface area (Å²) in [5, 5.41) is 5.74. The predicted octanol–water partition coefficient (Wildman–Crippen LogP) is 7.97. The molecule has 9 rings (SSSR count). The molecule has 11 nitrogen and oxygen atoms in total. The molecule has 4 aromatic rings. The first kappa shape index (κ1) is 38.1. The zero-order valence-electron chi connectivity index (χ0n) is 33.8. The summed E-state index contributed by atoms with van der Waals surface area (Å²) in [7, 11) is -2.07. The summed E-state index contributed by atoms with van der Waals surface area (Å²) in [6, 6.07) is 12.9. The molecule has 2 saturated heterocycles. The third-order valence-corrected chi connectivity index (χ3v) is 14.7. The molecule has 5 heterocycles. The van der Waals surface area contributed by atoms with Crippen molar-refractivity contribution in [2.24, 2.45) is 0 Å². The molecule has 3 aliphatic heterocycles. The van der Waals surface area contributed by atoms with Crippen molar-refractivity contribution in [2.75, 3.05) is 20.3 Å². The van der Waals surface area contributed by atoms with Crippen LogP contribution in [0.25, 0.3) is 33.8 Å². The van der Waals surface area contributed by atoms with Crippen molar-refractivity contribution in [2.45, 2.75) is 134 Å². The maximum Gasteiger partial charge on any atom is 0.258 e. The van der Waals surface area contributed by atoms with Crippen LogP contribution in [0, 0.1) is 0 Å². The number of nitrogens with one attached hydrogen (secondary N) is 1. The van der Waals surface area contributed by atoms with Gasteiger partial charge in [0.15, 0.2) is 0 Å². The van der Waals surface area contributed by atoms with E-state index in [1.54, 1.807) is 21.0 Å². The van der Waals surface area contributed by atoms with Crippen LogP contribution in [0.2, 0.25) is 0 Å². The molecule has 2 saturated carbocycles. The summed E-state index contributed by atoms with van der Waals surface area (Å²) < 4.78 is 43.9. The molecule has 2 aliphatic carbocycles. The van der Waals surface area contributed by atoms with E-state index in [9.17, 15) is 13.2 Å². The maximum absolute atomic E-state index is 15.2. The van der Waals surface area contributed by atoms with Gasteiger partial charge < -0.3 is 18.9 Å². The van der Waals surface area contributed by atoms with E-state index in [4.69, 9.17) is 14.6 Å². The minimum atomic E-state index is -3.77. The van der Waals surface area contributed by atoms with Crippen LogP contribution >= 0.6 is 0 Å². The monoisotopic (exact) mass is 793 g/mol. The van der Waals surface area contributed by atoms with Crippen LogP contribution in [0.1, 0.15) is 142 Å². The first-order valence-corrected chi connectivity index (χ1v) is 22.6. The van der Waals surface area contributed by atoms with Gasteiger partial charge >= 0.3 is 0 Å². The number of sulfonamides is 1. The average molecular weight is 794 g/mol. The normalized spacial score (nSPS) is 21.1. The molecule has 2 unspecified atom stereocenters. The highest BCUT2D eigenvalue weighted by atomic mass is 32.2. The molecule has 302 valence electrons. The Balaban J connectivity index is 1.26. The fraction of sp³-hybridized carbons (Fsp3) is 0.533. The molecule has 2 aromatic heterocycles. The Kier molecular flexibility index (Phi) is 9.86. The first-order valence-electron chi connectivity index (χ1n) is 21.0. The van der Waals surface area contributed by atoms with E-state index in [2.05, 4.69) is 63.1 Å². The fourth-order valence-corrected chi connectivity index (χ4v) is 10.5. The molecule has 2 amide bonds. The number of benzene rings is 2. The van der Waals surface area contributed by atoms with Crippen molar-refractivity contribution in [1.29, 1.82) is 0 Å². The number of ether oxygens (including phenoxy) is 2. The van der Waals surface area contributed by atoms with Crippen molar-refractivity contribution < 1.29 is 27.5 Å². The molecule has 5 aliphatic rings. The average Bonchev–Trinajstić information content (AvgIpc) is 3.86. The van der Waals surface area contributed by atoms with Crippen molar-refractivity contribution in [3.8, 4) is 17.0 Å². The second-order valence-electron chi connectivity index (χ2n) is 17.5. The second kappa shape index (κ2) is 14.8. The number of aromatic nitrogens is 3. The molecular formula is C45H55N5O6S. The van der Waals surface area contributed by atoms with Crippen molar-refractivity contribution in [1.82, 2.24) is 24.0 Å². The number of allylic oxidation sites excluding steroid dienone is 1. The number of hydrogen-bond donors (Lipinski definition) is 1. The summed E-state index contributed by atoms with van der Waals surface area (Å²) in [6.45, 7) is 9.00. The Morgan fingerprint density at radius 2 is 1.63 bits per heavy atom. The molecule has 2 atom stereocenters. The Labute approximate surface area is 335 Å². The number of hydrogen-bond acceptors (Lipinski definition) is 7. The van der Waals surface area contributed by atoms with Gasteiger partial charge in [0, 0.05) is 16.5 Å². The lowest BCUT2D eigenvalue weighted by Crippen LogP contribution is -2.49. The molecular weight excluding hydrogens is 739 g/mol. The lowest BCUT2D eigenvalue weighted by Gasteiger charge is -2.35. The van der Waals surface area contributed by atoms with Gasteiger partial charge in [-0.15, -0.1) is 0 Å². The zero-order chi connectivity index (χ0) is 39.7. The van der Waals surface area contributed by atoms with Crippen molar-refractivity contribution >= 4 is 44.4 Å². The fourth-order valence-electron chi connectivity index (χ4n) is 9.89. The van der Waals surface area contributed by atoms with Gasteiger partial charge in [0.25, 0.3) is 5.91 Å². The topological polar surface area (TPSA) is 125 Å². The van der Waals surface area contributed by atoms with Gasteiger partial charge in [-0.25, -0.2) is 8.42 Å². The van der Waals surface area contributed by atoms with E-state index in [1.807, 2.05) is 12.1 Å². The van der Waals surface area contributed by atoms with Gasteiger partial charge in [0.2, 0.25) is 15.9 Å². The molecule has 1 N–H and O–H groups in total. The molecule has 12 heteroatoms. The highest BCUT2D eigenvalue weighted by Crippen LogP contribution is 2.49. The molecule has 4 fully saturated rings. The van der Waals surface area contributed by atoms with E-state index in [1.165, 1.54) is 24.8 Å². The van der Waals surface area contributed by atoms with Crippen LogP contribution in [0.15, 0.2) is 36.4 Å². The number of morpholine rings is 1. The van der Waals surface area contributed by atoms with Gasteiger partial charge in [-0.2, -0.15) is 5.10 Å². The Bertz CT molecular complexity index is 2380. The molecule has 2 bridgehead atoms. The molecule has 2 aromatic carbocycles. The van der Waals surface area contributed by atoms with Gasteiger partial charge in [0.05, 0.1) is 79.3 Å². The highest BCUT2D eigenvalue weighted by molar-refractivity contribution is 7.90. The van der Waals surface area contributed by atoms with Crippen molar-refractivity contribution in [3.05, 3.63) is 70.0 Å². The van der Waals surface area contributed by atoms with Crippen LogP contribution in [0.4, 0.5) is 0 Å². The summed E-state index contributed by atoms with van der Waals surface area (Å²) in [6.07, 6.45) is 11.9. The summed E-state index contributed by atoms with van der Waals surface area (Å²) in [5.41, 5.74) is 9.81. The standard InChI is InChI=1S/C45H55N5O6S/c1-26(2)42-41(45(52)49-33-14-15-34(49)25-56-24-33)43(50(46-42)32-12-13-32)31-21-30-22-35(55-5)16-18-36(30)44-40(29-9-7-6-8-10-29)37-17-11-28(19-38(37)48(44)23-31)20-39(51)47-57(53,54)27(3)4/h11,16-19,21-22,26-27,29,32-34H,6-10,12-15,20,23-25H2,1-5H3,(H,47,51). The van der Waals surface area contributed by atoms with E-state index >= 15 is 4.79 Å². The van der Waals surface area contributed by atoms with Gasteiger partial charge in [0.1, 0.15) is 5.75 Å². The SMILES string of the molecule is COc1ccc2c(c1)C=C(c1c(C(=O)N3C4CCC3COC4)c(C(C)C)nn1C1CC1)Cn1c-2c(C2CCCCC2)c2ccc(CC(=O)NS(=O)(=O)C(C)C)cc21. The van der Waals surface area contributed by atoms with Crippen LogP contribution in [-0.4, -0.2) is 77.1 Å². The van der Waals surface area contributed by atoms with Gasteiger partial charge in [-0.3, -0.25) is 19.0 Å². The number of carbonyl (C=O) groups excluding carboxylic acids is 2. The Morgan fingerprint density at radius 1 is 0.912 bits per heavy atom. The van der Waals surface area contributed by atoms with E-state index in [0.29, 0.717) is 31.2 Å². The third kappa shape index (κ3) is 6.80. The van der Waals surface area contributed by atoms with Crippen molar-refractivity contribution in [3.63, 3.8) is 0 Å². The minimum Gasteiger partial charge on any atom is -0.497 e. The highest BCUT2D eigenvalue weighted by Gasteiger charge is 2.44. The molecule has 0 radical (unpaired) electrons. The largest absolute Gasteiger partial charge is 0.497 e. The van der Waals surface area contributed by atoms with E-state index in [-0.39, 0.29) is 36.4 Å². The van der Waals surface area contributed by atoms with Gasteiger partial charge in [-0.1, -0.05) is 45.2 Å². The third-order valence-electron chi connectivity index (χ3n) is 13.0. The second-order valence-corrected chi connectivity index (χ2v) is 19.8. The van der Waals surface area contributed by atoms with Crippen LogP contribution in [-0.2, 0) is 32.5 Å². The van der Waals surface area contributed by atoms with E-state index in [0.717, 1.165) is 94.5 Å². The van der Waals surface area contributed by atoms with Gasteiger partial charge in [-0.05, 0) is 117 Å². The van der Waals surface area contributed by atoms with Crippen LogP contribution in [0.3, 0.4) is 0 Å². The number of rotatable bonds is 10. The Morgan fingerprint density at radius 3 is 2.30 bits per heavy atom.